The van der Waals surface area contributed by atoms with E-state index in [-0.39, 0.29) is 35.2 Å². The largest absolute Gasteiger partial charge is 0.350 e. The second-order valence-electron chi connectivity index (χ2n) is 9.70. The number of Topliss-reactive ketones (excluding diaryl/α,β-unsaturated/α-hetero) is 1. The Balaban J connectivity index is 0.000000166. The summed E-state index contributed by atoms with van der Waals surface area (Å²) < 4.78 is 31.0. The number of fused-ring (bicyclic) bond motifs is 5. The number of hydrogen-bond acceptors (Lipinski definition) is 6. The van der Waals surface area contributed by atoms with Crippen LogP contribution >= 0.6 is 0 Å². The van der Waals surface area contributed by atoms with Crippen LogP contribution in [0.3, 0.4) is 0 Å². The van der Waals surface area contributed by atoms with Crippen molar-refractivity contribution < 1.29 is 22.6 Å². The van der Waals surface area contributed by atoms with Crippen LogP contribution in [0.5, 0.6) is 0 Å². The van der Waals surface area contributed by atoms with Gasteiger partial charge in [0.25, 0.3) is 10.1 Å². The lowest BCUT2D eigenvalue weighted by Crippen LogP contribution is -2.66. The normalized spacial score (nSPS) is 39.8. The number of nitrogens with one attached hydrogen (secondary N) is 1. The number of piperidine rings is 3. The Morgan fingerprint density at radius 3 is 2.31 bits per heavy atom. The minimum atomic E-state index is -4.08. The highest BCUT2D eigenvalue weighted by Crippen LogP contribution is 2.64. The summed E-state index contributed by atoms with van der Waals surface area (Å²) in [6.45, 7) is 7.97. The monoisotopic (exact) mass is 429 g/mol. The van der Waals surface area contributed by atoms with Gasteiger partial charge in [-0.15, -0.1) is 0 Å². The number of hydrogen-bond donors (Lipinski definition) is 3. The maximum Gasteiger partial charge on any atom is 0.265 e. The number of ketones is 1. The van der Waals surface area contributed by atoms with Crippen molar-refractivity contribution in [2.75, 3.05) is 18.8 Å². The molecule has 1 amide bonds. The lowest BCUT2D eigenvalue weighted by Gasteiger charge is -2.49. The molecule has 4 N–H and O–H groups in total. The van der Waals surface area contributed by atoms with Gasteiger partial charge in [-0.1, -0.05) is 20.8 Å². The van der Waals surface area contributed by atoms with Gasteiger partial charge in [0.15, 0.2) is 0 Å². The van der Waals surface area contributed by atoms with Crippen molar-refractivity contribution in [3.8, 4) is 0 Å². The van der Waals surface area contributed by atoms with Crippen LogP contribution in [0.15, 0.2) is 0 Å². The molecule has 9 heteroatoms. The summed E-state index contributed by atoms with van der Waals surface area (Å²) in [7, 11) is -4.08. The molecule has 0 spiro atoms. The highest BCUT2D eigenvalue weighted by molar-refractivity contribution is 7.85. The molecule has 0 radical (unpaired) electrons. The van der Waals surface area contributed by atoms with Crippen LogP contribution in [-0.4, -0.2) is 60.6 Å². The first-order valence-corrected chi connectivity index (χ1v) is 12.3. The Labute approximate surface area is 173 Å². The van der Waals surface area contributed by atoms with E-state index >= 15 is 0 Å². The van der Waals surface area contributed by atoms with Crippen LogP contribution in [0.1, 0.15) is 59.3 Å². The Bertz CT molecular complexity index is 758. The van der Waals surface area contributed by atoms with E-state index in [1.165, 1.54) is 12.8 Å². The number of nitrogens with two attached hydrogens (primary N) is 1. The molecule has 0 aromatic heterocycles. The molecular formula is C20H35N3O5S. The van der Waals surface area contributed by atoms with Crippen molar-refractivity contribution >= 4 is 21.8 Å². The summed E-state index contributed by atoms with van der Waals surface area (Å²) in [4.78, 5) is 25.5. The standard InChI is InChI=1S/C10H19N3O.C10H16O4S/c1-2-8(14)12-9-7-3-5-13(6-4-7)10(9)11;1-9(2)7-3-4-10(9,8(11)5-7)6-15(12,13)14/h7,9-10H,2-6,11H2,1H3,(H,12,14);7H,3-6H2,1-2H3,(H,12,13,14)/t9?,10-;/m1./s1. The first-order valence-electron chi connectivity index (χ1n) is 10.7. The van der Waals surface area contributed by atoms with Crippen LogP contribution in [-0.2, 0) is 19.7 Å². The smallest absolute Gasteiger partial charge is 0.265 e. The SMILES string of the molecule is CC1(C)C2CCC1(CS(=O)(=O)O)C(=O)C2.CCC(=O)NC1C2CCN(CC2)[C@H]1N. The van der Waals surface area contributed by atoms with Crippen molar-refractivity contribution in [2.45, 2.75) is 71.5 Å². The molecule has 29 heavy (non-hydrogen) atoms. The maximum absolute atomic E-state index is 11.9. The average molecular weight is 430 g/mol. The van der Waals surface area contributed by atoms with Crippen molar-refractivity contribution in [3.63, 3.8) is 0 Å². The molecule has 2 aliphatic carbocycles. The average Bonchev–Trinajstić information content (AvgIpc) is 2.98. The second kappa shape index (κ2) is 7.90. The van der Waals surface area contributed by atoms with Gasteiger partial charge in [0.1, 0.15) is 5.78 Å². The summed E-state index contributed by atoms with van der Waals surface area (Å²) in [6.07, 6.45) is 4.93. The summed E-state index contributed by atoms with van der Waals surface area (Å²) >= 11 is 0. The predicted octanol–water partition coefficient (Wildman–Crippen LogP) is 1.16. The molecule has 0 aromatic carbocycles. The van der Waals surface area contributed by atoms with Crippen LogP contribution < -0.4 is 11.1 Å². The summed E-state index contributed by atoms with van der Waals surface area (Å²) in [5.41, 5.74) is 4.96. The van der Waals surface area contributed by atoms with E-state index in [9.17, 15) is 18.0 Å². The van der Waals surface area contributed by atoms with Gasteiger partial charge in [0, 0.05) is 25.9 Å². The Morgan fingerprint density at radius 1 is 1.28 bits per heavy atom. The molecule has 2 saturated carbocycles. The van der Waals surface area contributed by atoms with Gasteiger partial charge in [-0.05, 0) is 42.9 Å². The van der Waals surface area contributed by atoms with Gasteiger partial charge in [-0.25, -0.2) is 0 Å². The summed E-state index contributed by atoms with van der Waals surface area (Å²) in [5, 5.41) is 3.04. The zero-order valence-electron chi connectivity index (χ0n) is 17.7. The summed E-state index contributed by atoms with van der Waals surface area (Å²) in [5.74, 6) is 0.625. The van der Waals surface area contributed by atoms with Gasteiger partial charge < -0.3 is 11.1 Å². The van der Waals surface area contributed by atoms with Crippen LogP contribution in [0.25, 0.3) is 0 Å². The lowest BCUT2D eigenvalue weighted by molar-refractivity contribution is -0.128. The molecule has 166 valence electrons. The fourth-order valence-corrected chi connectivity index (χ4v) is 7.29. The number of amides is 1. The Hall–Kier alpha value is -1.03. The molecule has 8 nitrogen and oxygen atoms in total. The fourth-order valence-electron chi connectivity index (χ4n) is 5.99. The molecule has 0 aromatic rings. The molecule has 5 rings (SSSR count). The van der Waals surface area contributed by atoms with E-state index in [1.807, 2.05) is 20.8 Å². The zero-order chi connectivity index (χ0) is 21.6. The van der Waals surface area contributed by atoms with Crippen molar-refractivity contribution in [3.05, 3.63) is 0 Å². The number of carbonyl (C=O) groups excluding carboxylic acids is 2. The number of nitrogens with zero attached hydrogens (tertiary/aromatic N) is 1. The second-order valence-corrected chi connectivity index (χ2v) is 11.2. The zero-order valence-corrected chi connectivity index (χ0v) is 18.5. The summed E-state index contributed by atoms with van der Waals surface area (Å²) in [6, 6.07) is 0.185. The van der Waals surface area contributed by atoms with Crippen LogP contribution in [0.2, 0.25) is 0 Å². The van der Waals surface area contributed by atoms with Gasteiger partial charge in [-0.2, -0.15) is 8.42 Å². The van der Waals surface area contributed by atoms with Crippen molar-refractivity contribution in [1.82, 2.24) is 10.2 Å². The lowest BCUT2D eigenvalue weighted by atomic mass is 9.70. The predicted molar refractivity (Wildman–Crippen MR) is 109 cm³/mol. The molecule has 3 heterocycles. The highest BCUT2D eigenvalue weighted by atomic mass is 32.2. The van der Waals surface area contributed by atoms with E-state index in [0.29, 0.717) is 25.2 Å². The molecule has 5 fully saturated rings. The van der Waals surface area contributed by atoms with E-state index in [0.717, 1.165) is 19.5 Å². The minimum absolute atomic E-state index is 0.0152. The van der Waals surface area contributed by atoms with E-state index < -0.39 is 21.3 Å². The van der Waals surface area contributed by atoms with Gasteiger partial charge in [0.2, 0.25) is 5.91 Å². The van der Waals surface area contributed by atoms with Gasteiger partial charge in [0.05, 0.1) is 23.4 Å². The molecule has 5 aliphatic rings. The minimum Gasteiger partial charge on any atom is -0.350 e. The number of rotatable bonds is 4. The third-order valence-corrected chi connectivity index (χ3v) is 8.95. The first-order chi connectivity index (χ1) is 13.4. The topological polar surface area (TPSA) is 130 Å². The van der Waals surface area contributed by atoms with Gasteiger partial charge in [-0.3, -0.25) is 19.0 Å². The third-order valence-electron chi connectivity index (χ3n) is 8.09. The first kappa shape index (κ1) is 22.7. The molecule has 3 aliphatic heterocycles. The quantitative estimate of drug-likeness (QED) is 0.572. The van der Waals surface area contributed by atoms with Crippen LogP contribution in [0.4, 0.5) is 0 Å². The van der Waals surface area contributed by atoms with Crippen molar-refractivity contribution in [2.24, 2.45) is 28.4 Å². The Kier molecular flexibility index (Phi) is 6.17. The molecule has 3 saturated heterocycles. The fraction of sp³-hybridized carbons (Fsp3) is 0.900. The molecular weight excluding hydrogens is 394 g/mol. The van der Waals surface area contributed by atoms with Gasteiger partial charge >= 0.3 is 0 Å². The molecule has 4 bridgehead atoms. The third kappa shape index (κ3) is 4.11. The van der Waals surface area contributed by atoms with Crippen molar-refractivity contribution in [1.29, 1.82) is 0 Å². The van der Waals surface area contributed by atoms with Crippen LogP contribution in [0, 0.1) is 22.7 Å². The highest BCUT2D eigenvalue weighted by Gasteiger charge is 2.65. The number of carbonyl (C=O) groups is 2. The van der Waals surface area contributed by atoms with E-state index in [2.05, 4.69) is 10.2 Å². The Morgan fingerprint density at radius 2 is 1.90 bits per heavy atom. The van der Waals surface area contributed by atoms with E-state index in [1.54, 1.807) is 0 Å². The maximum atomic E-state index is 11.9. The molecule has 3 unspecified atom stereocenters. The molecule has 4 atom stereocenters. The van der Waals surface area contributed by atoms with E-state index in [4.69, 9.17) is 10.3 Å².